The highest BCUT2D eigenvalue weighted by atomic mass is 19.1. The maximum Gasteiger partial charge on any atom is 0.338 e. The van der Waals surface area contributed by atoms with E-state index >= 15 is 0 Å². The minimum absolute atomic E-state index is 0.216. The minimum atomic E-state index is -0.422. The highest BCUT2D eigenvalue weighted by Gasteiger charge is 2.14. The molecular formula is C23H18FNO4. The Morgan fingerprint density at radius 1 is 0.966 bits per heavy atom. The Hall–Kier alpha value is -3.67. The van der Waals surface area contributed by atoms with Crippen molar-refractivity contribution < 1.29 is 23.2 Å². The van der Waals surface area contributed by atoms with E-state index in [0.717, 1.165) is 10.9 Å². The molecule has 1 heterocycles. The summed E-state index contributed by atoms with van der Waals surface area (Å²) >= 11 is 0. The fourth-order valence-corrected chi connectivity index (χ4v) is 2.89. The van der Waals surface area contributed by atoms with E-state index in [2.05, 4.69) is 5.16 Å². The van der Waals surface area contributed by atoms with Crippen LogP contribution in [0.15, 0.2) is 77.3 Å². The molecule has 0 spiro atoms. The number of benzene rings is 3. The topological polar surface area (TPSA) is 61.6 Å². The van der Waals surface area contributed by atoms with Gasteiger partial charge in [0.05, 0.1) is 24.2 Å². The number of halogens is 1. The van der Waals surface area contributed by atoms with Crippen molar-refractivity contribution in [1.29, 1.82) is 0 Å². The van der Waals surface area contributed by atoms with E-state index < -0.39 is 5.97 Å². The van der Waals surface area contributed by atoms with Gasteiger partial charge >= 0.3 is 5.97 Å². The van der Waals surface area contributed by atoms with Gasteiger partial charge in [0.2, 0.25) is 0 Å². The van der Waals surface area contributed by atoms with Crippen molar-refractivity contribution in [3.05, 3.63) is 84.2 Å². The van der Waals surface area contributed by atoms with Crippen LogP contribution in [0, 0.1) is 5.82 Å². The summed E-state index contributed by atoms with van der Waals surface area (Å²) in [7, 11) is 0. The molecule has 0 aliphatic carbocycles. The van der Waals surface area contributed by atoms with Crippen LogP contribution >= 0.6 is 0 Å². The van der Waals surface area contributed by atoms with Gasteiger partial charge in [-0.15, -0.1) is 0 Å². The van der Waals surface area contributed by atoms with Crippen LogP contribution in [0.2, 0.25) is 0 Å². The third-order valence-corrected chi connectivity index (χ3v) is 4.35. The molecule has 6 heteroatoms. The average Bonchev–Trinajstić information content (AvgIpc) is 3.18. The predicted molar refractivity (Wildman–Crippen MR) is 106 cm³/mol. The van der Waals surface area contributed by atoms with Crippen molar-refractivity contribution in [1.82, 2.24) is 5.16 Å². The summed E-state index contributed by atoms with van der Waals surface area (Å²) in [6.07, 6.45) is 0.522. The Labute approximate surface area is 166 Å². The summed E-state index contributed by atoms with van der Waals surface area (Å²) in [4.78, 5) is 12.4. The number of carbonyl (C=O) groups is 1. The first-order valence-corrected chi connectivity index (χ1v) is 9.21. The van der Waals surface area contributed by atoms with E-state index in [1.807, 2.05) is 30.3 Å². The van der Waals surface area contributed by atoms with Crippen molar-refractivity contribution >= 4 is 16.9 Å². The monoisotopic (exact) mass is 391 g/mol. The smallest absolute Gasteiger partial charge is 0.338 e. The highest BCUT2D eigenvalue weighted by Crippen LogP contribution is 2.29. The largest absolute Gasteiger partial charge is 0.493 e. The molecular weight excluding hydrogens is 373 g/mol. The van der Waals surface area contributed by atoms with Gasteiger partial charge in [0.1, 0.15) is 17.1 Å². The number of hydrogen-bond donors (Lipinski definition) is 0. The van der Waals surface area contributed by atoms with Crippen LogP contribution in [0.3, 0.4) is 0 Å². The first-order valence-electron chi connectivity index (χ1n) is 9.21. The standard InChI is InChI=1S/C23H18FNO4/c24-18-8-10-19(11-9-18)27-13-4-14-28-23(26)17-7-12-21-20(15-17)22(29-25-21)16-5-2-1-3-6-16/h1-3,5-12,15H,4,13-14H2. The van der Waals surface area contributed by atoms with Crippen LogP contribution in [0.4, 0.5) is 4.39 Å². The molecule has 0 unspecified atom stereocenters. The summed E-state index contributed by atoms with van der Waals surface area (Å²) in [5, 5.41) is 4.80. The molecule has 0 aliphatic heterocycles. The molecule has 0 fully saturated rings. The lowest BCUT2D eigenvalue weighted by Gasteiger charge is -2.07. The van der Waals surface area contributed by atoms with Gasteiger partial charge in [0.15, 0.2) is 5.76 Å². The number of hydrogen-bond acceptors (Lipinski definition) is 5. The van der Waals surface area contributed by atoms with Gasteiger partial charge in [0.25, 0.3) is 0 Å². The van der Waals surface area contributed by atoms with Crippen molar-refractivity contribution in [2.75, 3.05) is 13.2 Å². The third kappa shape index (κ3) is 4.43. The Balaban J connectivity index is 1.35. The van der Waals surface area contributed by atoms with Gasteiger partial charge < -0.3 is 14.0 Å². The van der Waals surface area contributed by atoms with Gasteiger partial charge in [-0.2, -0.15) is 0 Å². The van der Waals surface area contributed by atoms with Crippen molar-refractivity contribution in [2.45, 2.75) is 6.42 Å². The van der Waals surface area contributed by atoms with Crippen LogP contribution in [0.25, 0.3) is 22.2 Å². The molecule has 5 nitrogen and oxygen atoms in total. The molecule has 0 amide bonds. The van der Waals surface area contributed by atoms with E-state index in [0.29, 0.717) is 35.6 Å². The summed E-state index contributed by atoms with van der Waals surface area (Å²) in [5.74, 6) is 0.451. The molecule has 4 rings (SSSR count). The molecule has 0 N–H and O–H groups in total. The van der Waals surface area contributed by atoms with Crippen LogP contribution in [-0.2, 0) is 4.74 Å². The van der Waals surface area contributed by atoms with E-state index in [9.17, 15) is 9.18 Å². The van der Waals surface area contributed by atoms with Gasteiger partial charge in [-0.05, 0) is 42.5 Å². The number of carbonyl (C=O) groups excluding carboxylic acids is 1. The zero-order chi connectivity index (χ0) is 20.1. The maximum absolute atomic E-state index is 12.9. The molecule has 146 valence electrons. The summed E-state index contributed by atoms with van der Waals surface area (Å²) in [6, 6.07) is 20.5. The normalized spacial score (nSPS) is 10.8. The Morgan fingerprint density at radius 3 is 2.55 bits per heavy atom. The molecule has 4 aromatic rings. The quantitative estimate of drug-likeness (QED) is 0.318. The number of ether oxygens (including phenoxy) is 2. The van der Waals surface area contributed by atoms with E-state index in [4.69, 9.17) is 14.0 Å². The van der Waals surface area contributed by atoms with Crippen LogP contribution in [0.1, 0.15) is 16.8 Å². The second-order valence-corrected chi connectivity index (χ2v) is 6.40. The van der Waals surface area contributed by atoms with E-state index in [-0.39, 0.29) is 12.4 Å². The van der Waals surface area contributed by atoms with Crippen LogP contribution in [-0.4, -0.2) is 24.3 Å². The zero-order valence-corrected chi connectivity index (χ0v) is 15.5. The fraction of sp³-hybridized carbons (Fsp3) is 0.130. The molecule has 0 atom stereocenters. The summed E-state index contributed by atoms with van der Waals surface area (Å²) < 4.78 is 29.1. The first-order chi connectivity index (χ1) is 14.2. The molecule has 0 saturated heterocycles. The first kappa shape index (κ1) is 18.7. The number of esters is 1. The lowest BCUT2D eigenvalue weighted by atomic mass is 10.1. The van der Waals surface area contributed by atoms with Crippen molar-refractivity contribution in [3.63, 3.8) is 0 Å². The number of nitrogens with zero attached hydrogens (tertiary/aromatic N) is 1. The van der Waals surface area contributed by atoms with Crippen molar-refractivity contribution in [2.24, 2.45) is 0 Å². The number of aromatic nitrogens is 1. The highest BCUT2D eigenvalue weighted by molar-refractivity contribution is 5.98. The molecule has 1 aromatic heterocycles. The minimum Gasteiger partial charge on any atom is -0.493 e. The molecule has 0 radical (unpaired) electrons. The average molecular weight is 391 g/mol. The Bertz CT molecular complexity index is 1110. The van der Waals surface area contributed by atoms with Crippen molar-refractivity contribution in [3.8, 4) is 17.1 Å². The Morgan fingerprint density at radius 2 is 1.76 bits per heavy atom. The van der Waals surface area contributed by atoms with Crippen LogP contribution in [0.5, 0.6) is 5.75 Å². The number of rotatable bonds is 7. The third-order valence-electron chi connectivity index (χ3n) is 4.35. The second-order valence-electron chi connectivity index (χ2n) is 6.40. The van der Waals surface area contributed by atoms with Gasteiger partial charge in [0, 0.05) is 12.0 Å². The molecule has 0 saturated carbocycles. The van der Waals surface area contributed by atoms with Gasteiger partial charge in [-0.1, -0.05) is 35.5 Å². The number of fused-ring (bicyclic) bond motifs is 1. The lowest BCUT2D eigenvalue weighted by molar-refractivity contribution is 0.0486. The summed E-state index contributed by atoms with van der Waals surface area (Å²) in [6.45, 7) is 0.578. The summed E-state index contributed by atoms with van der Waals surface area (Å²) in [5.41, 5.74) is 1.99. The predicted octanol–water partition coefficient (Wildman–Crippen LogP) is 5.26. The zero-order valence-electron chi connectivity index (χ0n) is 15.5. The fourth-order valence-electron chi connectivity index (χ4n) is 2.89. The molecule has 29 heavy (non-hydrogen) atoms. The SMILES string of the molecule is O=C(OCCCOc1ccc(F)cc1)c1ccc2noc(-c3ccccc3)c2c1. The molecule has 3 aromatic carbocycles. The van der Waals surface area contributed by atoms with E-state index in [1.54, 1.807) is 30.3 Å². The maximum atomic E-state index is 12.9. The Kier molecular flexibility index (Phi) is 5.52. The second kappa shape index (κ2) is 8.56. The van der Waals surface area contributed by atoms with Gasteiger partial charge in [-0.3, -0.25) is 0 Å². The molecule has 0 bridgehead atoms. The lowest BCUT2D eigenvalue weighted by Crippen LogP contribution is -2.09. The van der Waals surface area contributed by atoms with E-state index in [1.165, 1.54) is 12.1 Å². The molecule has 0 aliphatic rings. The van der Waals surface area contributed by atoms with Crippen LogP contribution < -0.4 is 4.74 Å². The van der Waals surface area contributed by atoms with Gasteiger partial charge in [-0.25, -0.2) is 9.18 Å².